The zero-order valence-electron chi connectivity index (χ0n) is 9.83. The first-order chi connectivity index (χ1) is 8.17. The topological polar surface area (TPSA) is 66.5 Å². The van der Waals surface area contributed by atoms with Crippen LogP contribution in [0.4, 0.5) is 13.2 Å². The molecule has 1 saturated heterocycles. The van der Waals surface area contributed by atoms with E-state index in [1.807, 2.05) is 0 Å². The summed E-state index contributed by atoms with van der Waals surface area (Å²) in [6, 6.07) is -1.02. The summed E-state index contributed by atoms with van der Waals surface area (Å²) in [4.78, 5) is 11.5. The molecule has 1 N–H and O–H groups in total. The molecule has 1 aliphatic heterocycles. The molecule has 1 unspecified atom stereocenters. The number of hydrogen-bond donors (Lipinski definition) is 1. The minimum Gasteiger partial charge on any atom is -0.346 e. The molecular formula is C9H15F3N2O3S. The number of sulfonamides is 1. The number of nitrogens with one attached hydrogen (secondary N) is 1. The van der Waals surface area contributed by atoms with Crippen molar-refractivity contribution in [3.05, 3.63) is 0 Å². The Morgan fingerprint density at radius 3 is 2.56 bits per heavy atom. The second-order valence-corrected chi connectivity index (χ2v) is 6.21. The molecule has 0 bridgehead atoms. The summed E-state index contributed by atoms with van der Waals surface area (Å²) >= 11 is 0. The van der Waals surface area contributed by atoms with Crippen LogP contribution in [0, 0.1) is 0 Å². The van der Waals surface area contributed by atoms with Crippen LogP contribution in [-0.4, -0.2) is 49.7 Å². The van der Waals surface area contributed by atoms with Crippen molar-refractivity contribution < 1.29 is 26.4 Å². The first-order valence-corrected chi connectivity index (χ1v) is 7.12. The highest BCUT2D eigenvalue weighted by molar-refractivity contribution is 7.89. The predicted octanol–water partition coefficient (Wildman–Crippen LogP) is 0.479. The molecule has 1 heterocycles. The van der Waals surface area contributed by atoms with Gasteiger partial charge in [-0.2, -0.15) is 17.5 Å². The fraction of sp³-hybridized carbons (Fsp3) is 0.889. The maximum absolute atomic E-state index is 12.0. The first-order valence-electron chi connectivity index (χ1n) is 5.51. The Kier molecular flexibility index (Phi) is 4.60. The SMILES string of the molecule is CCS(=O)(=O)N1CCCC1C(=O)NCC(F)(F)F. The number of amides is 1. The van der Waals surface area contributed by atoms with Gasteiger partial charge < -0.3 is 5.32 Å². The molecule has 1 amide bonds. The summed E-state index contributed by atoms with van der Waals surface area (Å²) < 4.78 is 60.1. The highest BCUT2D eigenvalue weighted by atomic mass is 32.2. The van der Waals surface area contributed by atoms with Gasteiger partial charge in [-0.1, -0.05) is 0 Å². The molecule has 9 heteroatoms. The standard InChI is InChI=1S/C9H15F3N2O3S/c1-2-18(16,17)14-5-3-4-7(14)8(15)13-6-9(10,11)12/h7H,2-6H2,1H3,(H,13,15). The van der Waals surface area contributed by atoms with Gasteiger partial charge in [0.2, 0.25) is 15.9 Å². The fourth-order valence-electron chi connectivity index (χ4n) is 1.81. The van der Waals surface area contributed by atoms with E-state index in [1.165, 1.54) is 6.92 Å². The molecule has 1 rings (SSSR count). The van der Waals surface area contributed by atoms with Crippen LogP contribution in [0.15, 0.2) is 0 Å². The summed E-state index contributed by atoms with van der Waals surface area (Å²) in [5.41, 5.74) is 0. The quantitative estimate of drug-likeness (QED) is 0.818. The third-order valence-electron chi connectivity index (χ3n) is 2.69. The summed E-state index contributed by atoms with van der Waals surface area (Å²) in [7, 11) is -3.55. The van der Waals surface area contributed by atoms with Gasteiger partial charge in [-0.3, -0.25) is 4.79 Å². The van der Waals surface area contributed by atoms with Crippen LogP contribution >= 0.6 is 0 Å². The third kappa shape index (κ3) is 3.84. The molecule has 0 spiro atoms. The van der Waals surface area contributed by atoms with Crippen molar-refractivity contribution in [1.29, 1.82) is 0 Å². The smallest absolute Gasteiger partial charge is 0.346 e. The lowest BCUT2D eigenvalue weighted by Crippen LogP contribution is -2.48. The van der Waals surface area contributed by atoms with Crippen LogP contribution in [-0.2, 0) is 14.8 Å². The lowest BCUT2D eigenvalue weighted by Gasteiger charge is -2.22. The van der Waals surface area contributed by atoms with E-state index >= 15 is 0 Å². The van der Waals surface area contributed by atoms with E-state index in [9.17, 15) is 26.4 Å². The van der Waals surface area contributed by atoms with Gasteiger partial charge in [0.1, 0.15) is 12.6 Å². The molecule has 1 atom stereocenters. The Labute approximate surface area is 103 Å². The second-order valence-electron chi connectivity index (χ2n) is 4.00. The van der Waals surface area contributed by atoms with Crippen molar-refractivity contribution in [3.63, 3.8) is 0 Å². The second kappa shape index (κ2) is 5.43. The Morgan fingerprint density at radius 1 is 1.44 bits per heavy atom. The van der Waals surface area contributed by atoms with Gasteiger partial charge >= 0.3 is 6.18 Å². The van der Waals surface area contributed by atoms with Gasteiger partial charge in [-0.15, -0.1) is 0 Å². The van der Waals surface area contributed by atoms with E-state index in [0.717, 1.165) is 4.31 Å². The summed E-state index contributed by atoms with van der Waals surface area (Å²) in [6.07, 6.45) is -3.77. The van der Waals surface area contributed by atoms with Crippen LogP contribution in [0.5, 0.6) is 0 Å². The van der Waals surface area contributed by atoms with E-state index in [-0.39, 0.29) is 18.7 Å². The van der Waals surface area contributed by atoms with Crippen molar-refractivity contribution >= 4 is 15.9 Å². The van der Waals surface area contributed by atoms with E-state index < -0.39 is 34.7 Å². The van der Waals surface area contributed by atoms with E-state index in [0.29, 0.717) is 6.42 Å². The molecule has 0 aliphatic carbocycles. The van der Waals surface area contributed by atoms with E-state index in [2.05, 4.69) is 0 Å². The van der Waals surface area contributed by atoms with Crippen LogP contribution in [0.2, 0.25) is 0 Å². The van der Waals surface area contributed by atoms with Crippen molar-refractivity contribution in [2.24, 2.45) is 0 Å². The largest absolute Gasteiger partial charge is 0.405 e. The molecule has 0 aromatic rings. The Balaban J connectivity index is 2.68. The van der Waals surface area contributed by atoms with Crippen molar-refractivity contribution in [1.82, 2.24) is 9.62 Å². The Hall–Kier alpha value is -0.830. The van der Waals surface area contributed by atoms with E-state index in [4.69, 9.17) is 0 Å². The van der Waals surface area contributed by atoms with Gasteiger partial charge in [0, 0.05) is 6.54 Å². The first kappa shape index (κ1) is 15.2. The highest BCUT2D eigenvalue weighted by Crippen LogP contribution is 2.22. The maximum Gasteiger partial charge on any atom is 0.405 e. The number of nitrogens with zero attached hydrogens (tertiary/aromatic N) is 1. The lowest BCUT2D eigenvalue weighted by molar-refractivity contribution is -0.140. The number of alkyl halides is 3. The van der Waals surface area contributed by atoms with Gasteiger partial charge in [-0.05, 0) is 19.8 Å². The average Bonchev–Trinajstić information content (AvgIpc) is 2.74. The van der Waals surface area contributed by atoms with Gasteiger partial charge in [0.05, 0.1) is 5.75 Å². The molecular weight excluding hydrogens is 273 g/mol. The zero-order valence-corrected chi connectivity index (χ0v) is 10.6. The molecule has 0 radical (unpaired) electrons. The Bertz CT molecular complexity index is 408. The fourth-order valence-corrected chi connectivity index (χ4v) is 3.13. The average molecular weight is 288 g/mol. The molecule has 18 heavy (non-hydrogen) atoms. The molecule has 0 aromatic carbocycles. The van der Waals surface area contributed by atoms with Gasteiger partial charge in [0.15, 0.2) is 0 Å². The van der Waals surface area contributed by atoms with Gasteiger partial charge in [0.25, 0.3) is 0 Å². The highest BCUT2D eigenvalue weighted by Gasteiger charge is 2.38. The Morgan fingerprint density at radius 2 is 2.06 bits per heavy atom. The van der Waals surface area contributed by atoms with Crippen LogP contribution in [0.3, 0.4) is 0 Å². The monoisotopic (exact) mass is 288 g/mol. The minimum atomic E-state index is -4.50. The molecule has 0 aromatic heterocycles. The number of halogens is 3. The predicted molar refractivity (Wildman–Crippen MR) is 58.3 cm³/mol. The third-order valence-corrected chi connectivity index (χ3v) is 4.57. The normalized spacial score (nSPS) is 22.1. The van der Waals surface area contributed by atoms with Crippen molar-refractivity contribution in [2.75, 3.05) is 18.8 Å². The molecule has 1 aliphatic rings. The number of rotatable bonds is 4. The van der Waals surface area contributed by atoms with Crippen LogP contribution in [0.25, 0.3) is 0 Å². The minimum absolute atomic E-state index is 0.171. The summed E-state index contributed by atoms with van der Waals surface area (Å²) in [6.45, 7) is 0.168. The van der Waals surface area contributed by atoms with Gasteiger partial charge in [-0.25, -0.2) is 8.42 Å². The number of hydrogen-bond acceptors (Lipinski definition) is 3. The summed E-state index contributed by atoms with van der Waals surface area (Å²) in [5, 5.41) is 1.72. The van der Waals surface area contributed by atoms with Crippen molar-refractivity contribution in [2.45, 2.75) is 32.0 Å². The number of carbonyl (C=O) groups is 1. The van der Waals surface area contributed by atoms with Crippen LogP contribution < -0.4 is 5.32 Å². The van der Waals surface area contributed by atoms with E-state index in [1.54, 1.807) is 5.32 Å². The number of carbonyl (C=O) groups excluding carboxylic acids is 1. The molecule has 0 saturated carbocycles. The lowest BCUT2D eigenvalue weighted by atomic mass is 10.2. The molecule has 1 fully saturated rings. The van der Waals surface area contributed by atoms with Crippen molar-refractivity contribution in [3.8, 4) is 0 Å². The summed E-state index contributed by atoms with van der Waals surface area (Å²) in [5.74, 6) is -1.06. The molecule has 106 valence electrons. The molecule has 5 nitrogen and oxygen atoms in total. The van der Waals surface area contributed by atoms with Crippen LogP contribution in [0.1, 0.15) is 19.8 Å². The zero-order chi connectivity index (χ0) is 14.0. The maximum atomic E-state index is 12.0.